The Morgan fingerprint density at radius 2 is 1.74 bits per heavy atom. The molecule has 0 unspecified atom stereocenters. The van der Waals surface area contributed by atoms with Gasteiger partial charge < -0.3 is 15.5 Å². The van der Waals surface area contributed by atoms with Crippen LogP contribution in [0.1, 0.15) is 15.9 Å². The van der Waals surface area contributed by atoms with E-state index in [1.165, 1.54) is 0 Å². The molecule has 9 heteroatoms. The quantitative estimate of drug-likeness (QED) is 0.703. The third-order valence-electron chi connectivity index (χ3n) is 4.70. The first kappa shape index (κ1) is 17.0. The molecule has 4 rings (SSSR count). The Labute approximate surface area is 155 Å². The van der Waals surface area contributed by atoms with Crippen molar-refractivity contribution in [2.24, 2.45) is 5.73 Å². The molecule has 9 nitrogen and oxygen atoms in total. The van der Waals surface area contributed by atoms with Crippen molar-refractivity contribution in [2.45, 2.75) is 6.42 Å². The number of primary amides is 1. The highest BCUT2D eigenvalue weighted by Gasteiger charge is 2.22. The number of anilines is 1. The molecule has 2 aromatic heterocycles. The SMILES string of the molecule is NC(=O)c1ccc(CC(=O)N2CCN(c3ccc4nncn4n3)CC2)cc1. The lowest BCUT2D eigenvalue weighted by Crippen LogP contribution is -2.49. The molecule has 0 aliphatic carbocycles. The van der Waals surface area contributed by atoms with Crippen molar-refractivity contribution in [2.75, 3.05) is 31.1 Å². The number of aromatic nitrogens is 4. The van der Waals surface area contributed by atoms with Crippen molar-refractivity contribution in [3.8, 4) is 0 Å². The Morgan fingerprint density at radius 1 is 1.00 bits per heavy atom. The zero-order valence-corrected chi connectivity index (χ0v) is 14.7. The number of nitrogens with zero attached hydrogens (tertiary/aromatic N) is 6. The monoisotopic (exact) mass is 365 g/mol. The van der Waals surface area contributed by atoms with Gasteiger partial charge in [-0.2, -0.15) is 4.52 Å². The van der Waals surface area contributed by atoms with E-state index in [0.717, 1.165) is 11.4 Å². The van der Waals surface area contributed by atoms with Crippen molar-refractivity contribution in [1.82, 2.24) is 24.7 Å². The molecule has 1 aromatic carbocycles. The normalized spacial score (nSPS) is 14.5. The van der Waals surface area contributed by atoms with E-state index < -0.39 is 5.91 Å². The number of carbonyl (C=O) groups is 2. The zero-order chi connectivity index (χ0) is 18.8. The lowest BCUT2D eigenvalue weighted by molar-refractivity contribution is -0.130. The van der Waals surface area contributed by atoms with Gasteiger partial charge in [-0.05, 0) is 29.8 Å². The van der Waals surface area contributed by atoms with Crippen molar-refractivity contribution in [3.63, 3.8) is 0 Å². The van der Waals surface area contributed by atoms with Crippen molar-refractivity contribution >= 4 is 23.3 Å². The van der Waals surface area contributed by atoms with E-state index in [9.17, 15) is 9.59 Å². The summed E-state index contributed by atoms with van der Waals surface area (Å²) in [6.07, 6.45) is 1.88. The maximum absolute atomic E-state index is 12.5. The largest absolute Gasteiger partial charge is 0.366 e. The summed E-state index contributed by atoms with van der Waals surface area (Å²) in [7, 11) is 0. The van der Waals surface area contributed by atoms with E-state index in [4.69, 9.17) is 5.73 Å². The number of fused-ring (bicyclic) bond motifs is 1. The van der Waals surface area contributed by atoms with E-state index in [0.29, 0.717) is 43.8 Å². The number of hydrogen-bond donors (Lipinski definition) is 1. The summed E-state index contributed by atoms with van der Waals surface area (Å²) < 4.78 is 1.64. The molecule has 0 radical (unpaired) electrons. The van der Waals surface area contributed by atoms with Crippen molar-refractivity contribution in [1.29, 1.82) is 0 Å². The minimum atomic E-state index is -0.470. The van der Waals surface area contributed by atoms with Gasteiger partial charge in [-0.25, -0.2) is 0 Å². The minimum Gasteiger partial charge on any atom is -0.366 e. The Morgan fingerprint density at radius 3 is 2.44 bits per heavy atom. The minimum absolute atomic E-state index is 0.0729. The average molecular weight is 365 g/mol. The summed E-state index contributed by atoms with van der Waals surface area (Å²) in [5.74, 6) is 0.447. The first-order valence-corrected chi connectivity index (χ1v) is 8.69. The van der Waals surface area contributed by atoms with E-state index in [1.54, 1.807) is 35.1 Å². The number of benzene rings is 1. The molecular weight excluding hydrogens is 346 g/mol. The van der Waals surface area contributed by atoms with E-state index >= 15 is 0 Å². The van der Waals surface area contributed by atoms with Gasteiger partial charge in [0.25, 0.3) is 0 Å². The summed E-state index contributed by atoms with van der Waals surface area (Å²) in [6.45, 7) is 2.71. The van der Waals surface area contributed by atoms with Crippen molar-refractivity contribution in [3.05, 3.63) is 53.9 Å². The molecule has 0 saturated carbocycles. The van der Waals surface area contributed by atoms with Crippen molar-refractivity contribution < 1.29 is 9.59 Å². The molecule has 1 saturated heterocycles. The number of carbonyl (C=O) groups excluding carboxylic acids is 2. The van der Waals surface area contributed by atoms with E-state index in [1.807, 2.05) is 17.0 Å². The summed E-state index contributed by atoms with van der Waals surface area (Å²) in [6, 6.07) is 10.6. The Bertz CT molecular complexity index is 975. The Hall–Kier alpha value is -3.49. The third kappa shape index (κ3) is 3.57. The van der Waals surface area contributed by atoms with Crippen LogP contribution in [0.5, 0.6) is 0 Å². The predicted molar refractivity (Wildman–Crippen MR) is 98.2 cm³/mol. The second kappa shape index (κ2) is 7.02. The highest BCUT2D eigenvalue weighted by Crippen LogP contribution is 2.15. The number of piperazine rings is 1. The highest BCUT2D eigenvalue weighted by atomic mass is 16.2. The van der Waals surface area contributed by atoms with E-state index in [-0.39, 0.29) is 5.91 Å². The number of nitrogens with two attached hydrogens (primary N) is 1. The van der Waals surface area contributed by atoms with Crippen LogP contribution in [0.2, 0.25) is 0 Å². The van der Waals surface area contributed by atoms with Gasteiger partial charge in [0.15, 0.2) is 5.65 Å². The standard InChI is InChI=1S/C18H19N7O2/c19-18(27)14-3-1-13(2-4-14)11-17(26)24-9-7-23(8-10-24)16-6-5-15-21-20-12-25(15)22-16/h1-6,12H,7-11H2,(H2,19,27). The lowest BCUT2D eigenvalue weighted by atomic mass is 10.1. The molecule has 2 N–H and O–H groups in total. The third-order valence-corrected chi connectivity index (χ3v) is 4.70. The fraction of sp³-hybridized carbons (Fsp3) is 0.278. The Kier molecular flexibility index (Phi) is 4.41. The number of amides is 2. The van der Waals surface area contributed by atoms with E-state index in [2.05, 4.69) is 20.2 Å². The molecule has 3 aromatic rings. The molecule has 0 atom stereocenters. The molecule has 0 spiro atoms. The molecule has 1 aliphatic heterocycles. The van der Waals surface area contributed by atoms with Crippen LogP contribution in [-0.2, 0) is 11.2 Å². The van der Waals surface area contributed by atoms with Gasteiger partial charge in [0.2, 0.25) is 11.8 Å². The van der Waals surface area contributed by atoms with Gasteiger partial charge in [-0.3, -0.25) is 9.59 Å². The highest BCUT2D eigenvalue weighted by molar-refractivity contribution is 5.92. The molecule has 1 fully saturated rings. The van der Waals surface area contributed by atoms with Gasteiger partial charge in [-0.1, -0.05) is 12.1 Å². The van der Waals surface area contributed by atoms with Crippen LogP contribution >= 0.6 is 0 Å². The summed E-state index contributed by atoms with van der Waals surface area (Å²) >= 11 is 0. The molecule has 138 valence electrons. The van der Waals surface area contributed by atoms with Gasteiger partial charge in [-0.15, -0.1) is 15.3 Å². The maximum atomic E-state index is 12.5. The Balaban J connectivity index is 1.35. The lowest BCUT2D eigenvalue weighted by Gasteiger charge is -2.35. The fourth-order valence-corrected chi connectivity index (χ4v) is 3.15. The van der Waals surface area contributed by atoms with Crippen LogP contribution in [0, 0.1) is 0 Å². The molecule has 3 heterocycles. The smallest absolute Gasteiger partial charge is 0.248 e. The summed E-state index contributed by atoms with van der Waals surface area (Å²) in [4.78, 5) is 27.7. The summed E-state index contributed by atoms with van der Waals surface area (Å²) in [5, 5.41) is 12.3. The second-order valence-corrected chi connectivity index (χ2v) is 6.43. The van der Waals surface area contributed by atoms with Crippen LogP contribution < -0.4 is 10.6 Å². The molecule has 0 bridgehead atoms. The maximum Gasteiger partial charge on any atom is 0.248 e. The zero-order valence-electron chi connectivity index (χ0n) is 14.7. The molecule has 27 heavy (non-hydrogen) atoms. The topological polar surface area (TPSA) is 110 Å². The number of rotatable bonds is 4. The average Bonchev–Trinajstić information content (AvgIpc) is 3.16. The van der Waals surface area contributed by atoms with Crippen LogP contribution in [0.15, 0.2) is 42.7 Å². The van der Waals surface area contributed by atoms with Gasteiger partial charge in [0, 0.05) is 31.7 Å². The fourth-order valence-electron chi connectivity index (χ4n) is 3.15. The molecule has 1 aliphatic rings. The van der Waals surface area contributed by atoms with Gasteiger partial charge >= 0.3 is 0 Å². The van der Waals surface area contributed by atoms with Gasteiger partial charge in [0.1, 0.15) is 12.1 Å². The van der Waals surface area contributed by atoms with Crippen LogP contribution in [0.25, 0.3) is 5.65 Å². The summed E-state index contributed by atoms with van der Waals surface area (Å²) in [5.41, 5.74) is 7.25. The first-order valence-electron chi connectivity index (χ1n) is 8.69. The van der Waals surface area contributed by atoms with Crippen LogP contribution in [0.4, 0.5) is 5.82 Å². The number of hydrogen-bond acceptors (Lipinski definition) is 6. The van der Waals surface area contributed by atoms with Gasteiger partial charge in [0.05, 0.1) is 6.42 Å². The first-order chi connectivity index (χ1) is 13.1. The van der Waals surface area contributed by atoms with Crippen LogP contribution in [-0.4, -0.2) is 62.7 Å². The molecule has 2 amide bonds. The second-order valence-electron chi connectivity index (χ2n) is 6.43. The van der Waals surface area contributed by atoms with Crippen LogP contribution in [0.3, 0.4) is 0 Å². The predicted octanol–water partition coefficient (Wildman–Crippen LogP) is 0.114. The molecular formula is C18H19N7O2.